The highest BCUT2D eigenvalue weighted by molar-refractivity contribution is 7.07. The monoisotopic (exact) mass is 390 g/mol. The summed E-state index contributed by atoms with van der Waals surface area (Å²) in [7, 11) is 0. The number of halogens is 1. The van der Waals surface area contributed by atoms with Crippen LogP contribution in [0.5, 0.6) is 0 Å². The first kappa shape index (κ1) is 19.5. The van der Waals surface area contributed by atoms with Crippen LogP contribution in [0, 0.1) is 17.1 Å². The summed E-state index contributed by atoms with van der Waals surface area (Å²) in [4.78, 5) is 5.33. The molecule has 0 aliphatic carbocycles. The Morgan fingerprint density at radius 2 is 1.82 bits per heavy atom. The average Bonchev–Trinajstić information content (AvgIpc) is 3.09. The zero-order chi connectivity index (χ0) is 20.1. The number of benzene rings is 2. The molecule has 140 valence electrons. The van der Waals surface area contributed by atoms with Gasteiger partial charge in [0.1, 0.15) is 5.82 Å². The predicted molar refractivity (Wildman–Crippen MR) is 112 cm³/mol. The largest absolute Gasteiger partial charge is 0.253 e. The maximum atomic E-state index is 13.3. The molecule has 0 radical (unpaired) electrons. The Morgan fingerprint density at radius 1 is 1.14 bits per heavy atom. The Kier molecular flexibility index (Phi) is 5.97. The lowest BCUT2D eigenvalue weighted by atomic mass is 10.1. The zero-order valence-electron chi connectivity index (χ0n) is 15.7. The summed E-state index contributed by atoms with van der Waals surface area (Å²) < 4.78 is 15.1. The van der Waals surface area contributed by atoms with Gasteiger partial charge >= 0.3 is 0 Å². The van der Waals surface area contributed by atoms with Gasteiger partial charge in [0.2, 0.25) is 4.80 Å². The van der Waals surface area contributed by atoms with E-state index in [0.29, 0.717) is 12.1 Å². The summed E-state index contributed by atoms with van der Waals surface area (Å²) in [6.07, 6.45) is 0. The van der Waals surface area contributed by atoms with Crippen LogP contribution in [0.1, 0.15) is 25.0 Å². The fourth-order valence-corrected chi connectivity index (χ4v) is 3.35. The van der Waals surface area contributed by atoms with E-state index in [9.17, 15) is 4.39 Å². The molecule has 1 aromatic heterocycles. The number of hydrogen-bond acceptors (Lipinski definition) is 4. The second-order valence-electron chi connectivity index (χ2n) is 6.37. The van der Waals surface area contributed by atoms with Gasteiger partial charge in [0.25, 0.3) is 0 Å². The molecule has 1 heterocycles. The van der Waals surface area contributed by atoms with Crippen molar-refractivity contribution in [3.8, 4) is 17.3 Å². The minimum Gasteiger partial charge on any atom is -0.253 e. The van der Waals surface area contributed by atoms with Crippen LogP contribution in [0.4, 0.5) is 4.39 Å². The Balaban J connectivity index is 2.11. The van der Waals surface area contributed by atoms with Crippen LogP contribution >= 0.6 is 11.3 Å². The van der Waals surface area contributed by atoms with Crippen molar-refractivity contribution in [3.63, 3.8) is 0 Å². The second-order valence-corrected chi connectivity index (χ2v) is 7.21. The first-order valence-corrected chi connectivity index (χ1v) is 9.53. The molecule has 6 heteroatoms. The summed E-state index contributed by atoms with van der Waals surface area (Å²) in [6.45, 7) is 8.24. The van der Waals surface area contributed by atoms with Crippen molar-refractivity contribution in [1.82, 2.24) is 4.68 Å². The lowest BCUT2D eigenvalue weighted by molar-refractivity contribution is 0.628. The highest BCUT2D eigenvalue weighted by Gasteiger charge is 2.09. The number of thiazole rings is 1. The molecular formula is C22H19FN4S. The van der Waals surface area contributed by atoms with Crippen LogP contribution in [0.2, 0.25) is 0 Å². The van der Waals surface area contributed by atoms with Crippen molar-refractivity contribution in [2.75, 3.05) is 6.54 Å². The second kappa shape index (κ2) is 8.59. The molecular weight excluding hydrogens is 371 g/mol. The van der Waals surface area contributed by atoms with Crippen molar-refractivity contribution in [2.24, 2.45) is 10.1 Å². The van der Waals surface area contributed by atoms with Crippen molar-refractivity contribution < 1.29 is 4.39 Å². The van der Waals surface area contributed by atoms with Crippen molar-refractivity contribution in [1.29, 1.82) is 5.26 Å². The number of aromatic nitrogens is 1. The average molecular weight is 390 g/mol. The highest BCUT2D eigenvalue weighted by Crippen LogP contribution is 2.21. The van der Waals surface area contributed by atoms with E-state index in [1.165, 1.54) is 23.5 Å². The molecule has 4 nitrogen and oxygen atoms in total. The summed E-state index contributed by atoms with van der Waals surface area (Å²) in [5.74, 6) is -0.282. The molecule has 0 fully saturated rings. The lowest BCUT2D eigenvalue weighted by Gasteiger charge is -2.07. The Bertz CT molecular complexity index is 1130. The fraction of sp³-hybridized carbons (Fsp3) is 0.136. The number of hydrogen-bond donors (Lipinski definition) is 0. The van der Waals surface area contributed by atoms with Crippen molar-refractivity contribution >= 4 is 17.0 Å². The van der Waals surface area contributed by atoms with Crippen molar-refractivity contribution in [2.45, 2.75) is 13.8 Å². The van der Waals surface area contributed by atoms with Crippen LogP contribution in [-0.2, 0) is 0 Å². The first-order chi connectivity index (χ1) is 13.5. The quantitative estimate of drug-likeness (QED) is 0.448. The third-order valence-corrected chi connectivity index (χ3v) is 4.85. The third kappa shape index (κ3) is 4.51. The van der Waals surface area contributed by atoms with Gasteiger partial charge in [-0.05, 0) is 55.8 Å². The Labute approximate surface area is 167 Å². The first-order valence-electron chi connectivity index (χ1n) is 8.65. The van der Waals surface area contributed by atoms with E-state index < -0.39 is 0 Å². The highest BCUT2D eigenvalue weighted by atomic mass is 32.1. The Morgan fingerprint density at radius 3 is 2.43 bits per heavy atom. The van der Waals surface area contributed by atoms with Gasteiger partial charge in [-0.15, -0.1) is 11.3 Å². The van der Waals surface area contributed by atoms with Gasteiger partial charge in [-0.3, -0.25) is 4.99 Å². The molecule has 3 rings (SSSR count). The zero-order valence-corrected chi connectivity index (χ0v) is 16.5. The van der Waals surface area contributed by atoms with E-state index >= 15 is 0 Å². The SMILES string of the molecule is C=C(C)CN=c1scc(-c2ccc(F)cc2)n1N=C(C)c1ccc(C#N)cc1. The molecule has 0 N–H and O–H groups in total. The standard InChI is InChI=1S/C22H19FN4S/c1-15(2)13-25-22-27(21(14-28-22)19-8-10-20(23)11-9-19)26-16(3)18-6-4-17(12-24)5-7-18/h4-11,14H,1,13H2,2-3H3. The molecule has 3 aromatic rings. The summed E-state index contributed by atoms with van der Waals surface area (Å²) >= 11 is 1.47. The molecule has 0 unspecified atom stereocenters. The van der Waals surface area contributed by atoms with Crippen LogP contribution in [-0.4, -0.2) is 16.9 Å². The molecule has 0 bridgehead atoms. The van der Waals surface area contributed by atoms with Gasteiger partial charge in [-0.2, -0.15) is 10.4 Å². The Hall–Kier alpha value is -3.30. The predicted octanol–water partition coefficient (Wildman–Crippen LogP) is 4.98. The van der Waals surface area contributed by atoms with Gasteiger partial charge < -0.3 is 0 Å². The minimum absolute atomic E-state index is 0.282. The van der Waals surface area contributed by atoms with Gasteiger partial charge in [0.05, 0.1) is 29.6 Å². The van der Waals surface area contributed by atoms with Crippen LogP contribution < -0.4 is 4.80 Å². The maximum Gasteiger partial charge on any atom is 0.206 e. The van der Waals surface area contributed by atoms with Crippen LogP contribution in [0.25, 0.3) is 11.3 Å². The maximum absolute atomic E-state index is 13.3. The molecule has 0 aliphatic heterocycles. The van der Waals surface area contributed by atoms with Gasteiger partial charge in [0, 0.05) is 10.9 Å². The van der Waals surface area contributed by atoms with E-state index in [0.717, 1.165) is 32.9 Å². The molecule has 28 heavy (non-hydrogen) atoms. The van der Waals surface area contributed by atoms with E-state index in [1.54, 1.807) is 28.9 Å². The van der Waals surface area contributed by atoms with Crippen LogP contribution in [0.15, 0.2) is 76.2 Å². The minimum atomic E-state index is -0.282. The van der Waals surface area contributed by atoms with E-state index in [1.807, 2.05) is 31.4 Å². The molecule has 0 amide bonds. The lowest BCUT2D eigenvalue weighted by Crippen LogP contribution is -2.15. The van der Waals surface area contributed by atoms with E-state index in [4.69, 9.17) is 10.4 Å². The molecule has 0 atom stereocenters. The van der Waals surface area contributed by atoms with Crippen molar-refractivity contribution in [3.05, 3.63) is 87.8 Å². The molecule has 2 aromatic carbocycles. The number of nitriles is 1. The normalized spacial score (nSPS) is 12.1. The summed E-state index contributed by atoms with van der Waals surface area (Å²) in [5.41, 5.74) is 4.93. The van der Waals surface area contributed by atoms with E-state index in [2.05, 4.69) is 17.6 Å². The van der Waals surface area contributed by atoms with Crippen LogP contribution in [0.3, 0.4) is 0 Å². The topological polar surface area (TPSA) is 53.4 Å². The van der Waals surface area contributed by atoms with Gasteiger partial charge in [-0.25, -0.2) is 9.07 Å². The molecule has 0 aliphatic rings. The van der Waals surface area contributed by atoms with E-state index in [-0.39, 0.29) is 5.82 Å². The molecule has 0 saturated heterocycles. The number of rotatable bonds is 5. The van der Waals surface area contributed by atoms with Gasteiger partial charge in [-0.1, -0.05) is 24.3 Å². The third-order valence-electron chi connectivity index (χ3n) is 3.99. The summed E-state index contributed by atoms with van der Waals surface area (Å²) in [5, 5.41) is 15.7. The summed E-state index contributed by atoms with van der Waals surface area (Å²) in [6, 6.07) is 15.7. The smallest absolute Gasteiger partial charge is 0.206 e. The van der Waals surface area contributed by atoms with Gasteiger partial charge in [0.15, 0.2) is 0 Å². The molecule has 0 saturated carbocycles. The molecule has 0 spiro atoms. The fourth-order valence-electron chi connectivity index (χ4n) is 2.52. The number of nitrogens with zero attached hydrogens (tertiary/aromatic N) is 4.